The predicted molar refractivity (Wildman–Crippen MR) is 154 cm³/mol. The lowest BCUT2D eigenvalue weighted by molar-refractivity contribution is 0.0263. The number of halogens is 1. The fraction of sp³-hybridized carbons (Fsp3) is 0.533. The quantitative estimate of drug-likeness (QED) is 0.412. The first-order valence-electron chi connectivity index (χ1n) is 14.1. The van der Waals surface area contributed by atoms with E-state index in [1.807, 2.05) is 24.3 Å². The molecular formula is C30H36BrN5O3. The number of ether oxygens (including phenoxy) is 2. The van der Waals surface area contributed by atoms with Crippen molar-refractivity contribution in [1.82, 2.24) is 20.2 Å². The Bertz CT molecular complexity index is 1400. The second kappa shape index (κ2) is 9.87. The van der Waals surface area contributed by atoms with Gasteiger partial charge < -0.3 is 29.7 Å². The van der Waals surface area contributed by atoms with Crippen molar-refractivity contribution in [2.45, 2.75) is 56.9 Å². The molecule has 1 aliphatic carbocycles. The molecule has 3 fully saturated rings. The highest BCUT2D eigenvalue weighted by molar-refractivity contribution is 9.10. The molecule has 2 bridgehead atoms. The van der Waals surface area contributed by atoms with E-state index in [1.165, 1.54) is 25.7 Å². The summed E-state index contributed by atoms with van der Waals surface area (Å²) >= 11 is 3.73. The van der Waals surface area contributed by atoms with Gasteiger partial charge in [0, 0.05) is 59.0 Å². The molecule has 3 aliphatic heterocycles. The number of benzene rings is 2. The summed E-state index contributed by atoms with van der Waals surface area (Å²) < 4.78 is 13.9. The van der Waals surface area contributed by atoms with Gasteiger partial charge in [-0.3, -0.25) is 0 Å². The summed E-state index contributed by atoms with van der Waals surface area (Å²) in [5, 5.41) is 16.3. The molecule has 1 saturated carbocycles. The van der Waals surface area contributed by atoms with Gasteiger partial charge in [0.15, 0.2) is 0 Å². The molecule has 2 saturated heterocycles. The number of phenols is 1. The maximum Gasteiger partial charge on any atom is 0.318 e. The van der Waals surface area contributed by atoms with Crippen LogP contribution in [0, 0.1) is 5.41 Å². The van der Waals surface area contributed by atoms with Crippen molar-refractivity contribution >= 4 is 32.5 Å². The summed E-state index contributed by atoms with van der Waals surface area (Å²) in [4.78, 5) is 14.7. The third-order valence-electron chi connectivity index (χ3n) is 8.78. The molecule has 0 spiro atoms. The zero-order valence-corrected chi connectivity index (χ0v) is 24.2. The first-order chi connectivity index (χ1) is 18.9. The highest BCUT2D eigenvalue weighted by Gasteiger charge is 2.44. The lowest BCUT2D eigenvalue weighted by Crippen LogP contribution is -2.51. The van der Waals surface area contributed by atoms with Gasteiger partial charge in [0.2, 0.25) is 0 Å². The fourth-order valence-electron chi connectivity index (χ4n) is 6.79. The Morgan fingerprint density at radius 3 is 2.72 bits per heavy atom. The largest absolute Gasteiger partial charge is 0.508 e. The van der Waals surface area contributed by atoms with Crippen LogP contribution in [0.2, 0.25) is 0 Å². The van der Waals surface area contributed by atoms with E-state index in [2.05, 4.69) is 45.1 Å². The van der Waals surface area contributed by atoms with Gasteiger partial charge in [-0.05, 0) is 68.9 Å². The van der Waals surface area contributed by atoms with Crippen LogP contribution in [0.3, 0.4) is 0 Å². The zero-order valence-electron chi connectivity index (χ0n) is 22.6. The van der Waals surface area contributed by atoms with Gasteiger partial charge in [0.05, 0.1) is 25.0 Å². The number of nitrogens with one attached hydrogen (secondary N) is 1. The van der Waals surface area contributed by atoms with Crippen LogP contribution >= 0.6 is 15.9 Å². The van der Waals surface area contributed by atoms with Gasteiger partial charge >= 0.3 is 6.01 Å². The second-order valence-electron chi connectivity index (χ2n) is 12.2. The van der Waals surface area contributed by atoms with E-state index >= 15 is 0 Å². The van der Waals surface area contributed by atoms with E-state index in [0.29, 0.717) is 37.7 Å². The van der Waals surface area contributed by atoms with Crippen LogP contribution in [0.25, 0.3) is 10.8 Å². The van der Waals surface area contributed by atoms with Crippen LogP contribution in [-0.2, 0) is 17.8 Å². The monoisotopic (exact) mass is 593 g/mol. The van der Waals surface area contributed by atoms with E-state index in [1.54, 1.807) is 6.07 Å². The van der Waals surface area contributed by atoms with Crippen LogP contribution < -0.4 is 15.0 Å². The molecule has 2 aromatic carbocycles. The van der Waals surface area contributed by atoms with Crippen LogP contribution in [0.15, 0.2) is 34.8 Å². The van der Waals surface area contributed by atoms with Crippen molar-refractivity contribution < 1.29 is 14.6 Å². The minimum Gasteiger partial charge on any atom is -0.508 e. The van der Waals surface area contributed by atoms with Crippen LogP contribution in [0.4, 0.5) is 5.82 Å². The third kappa shape index (κ3) is 4.99. The molecular weight excluding hydrogens is 558 g/mol. The van der Waals surface area contributed by atoms with Crippen molar-refractivity contribution in [2.75, 3.05) is 45.2 Å². The number of nitrogens with zero attached hydrogens (tertiary/aromatic N) is 4. The smallest absolute Gasteiger partial charge is 0.318 e. The van der Waals surface area contributed by atoms with Crippen LogP contribution in [0.1, 0.15) is 48.6 Å². The topological polar surface area (TPSA) is 83.0 Å². The van der Waals surface area contributed by atoms with Gasteiger partial charge in [-0.25, -0.2) is 0 Å². The van der Waals surface area contributed by atoms with Crippen molar-refractivity contribution in [3.05, 3.63) is 51.6 Å². The molecule has 7 rings (SSSR count). The number of piperazine rings is 1. The Kier molecular flexibility index (Phi) is 6.45. The molecule has 3 unspecified atom stereocenters. The summed E-state index contributed by atoms with van der Waals surface area (Å²) in [6.45, 7) is 3.97. The van der Waals surface area contributed by atoms with Crippen LogP contribution in [0.5, 0.6) is 11.8 Å². The molecule has 2 N–H and O–H groups in total. The normalized spacial score (nSPS) is 25.2. The molecule has 3 atom stereocenters. The summed E-state index contributed by atoms with van der Waals surface area (Å²) in [6.07, 6.45) is 5.15. The summed E-state index contributed by atoms with van der Waals surface area (Å²) in [5.41, 5.74) is 3.22. The predicted octanol–water partition coefficient (Wildman–Crippen LogP) is 4.57. The summed E-state index contributed by atoms with van der Waals surface area (Å²) in [5.74, 6) is 1.20. The van der Waals surface area contributed by atoms with E-state index in [0.717, 1.165) is 57.5 Å². The first-order valence-corrected chi connectivity index (χ1v) is 14.9. The number of aromatic hydroxyl groups is 1. The molecule has 4 aliphatic rings. The maximum absolute atomic E-state index is 10.5. The SMILES string of the molecule is CN(C)CC1(COc2nc3c(c(N4CC5CCC(C4)N5)n2)COC(c2cc(O)cc4cccc(Br)c24)C3)CC1. The van der Waals surface area contributed by atoms with Gasteiger partial charge in [-0.1, -0.05) is 28.1 Å². The Balaban J connectivity index is 1.24. The molecule has 39 heavy (non-hydrogen) atoms. The summed E-state index contributed by atoms with van der Waals surface area (Å²) in [6, 6.07) is 11.1. The lowest BCUT2D eigenvalue weighted by atomic mass is 9.94. The lowest BCUT2D eigenvalue weighted by Gasteiger charge is -2.36. The number of phenolic OH excluding ortho intramolecular Hbond substituents is 1. The van der Waals surface area contributed by atoms with Crippen molar-refractivity contribution in [2.24, 2.45) is 5.41 Å². The number of aromatic nitrogens is 2. The standard InChI is InChI=1S/C30H36BrN5O3/c1-35(2)16-30(8-9-30)17-39-29-33-25-12-26(22-11-21(37)10-18-4-3-5-24(31)27(18)22)38-15-23(25)28(34-29)36-13-19-6-7-20(14-36)32-19/h3-5,10-11,19-20,26,32,37H,6-9,12-17H2,1-2H3. The van der Waals surface area contributed by atoms with Crippen molar-refractivity contribution in [1.29, 1.82) is 0 Å². The highest BCUT2D eigenvalue weighted by Crippen LogP contribution is 2.46. The highest BCUT2D eigenvalue weighted by atomic mass is 79.9. The van der Waals surface area contributed by atoms with Gasteiger partial charge in [-0.2, -0.15) is 9.97 Å². The minimum atomic E-state index is -0.232. The minimum absolute atomic E-state index is 0.204. The van der Waals surface area contributed by atoms with Gasteiger partial charge in [0.1, 0.15) is 11.6 Å². The zero-order chi connectivity index (χ0) is 26.7. The molecule has 9 heteroatoms. The maximum atomic E-state index is 10.5. The molecule has 0 radical (unpaired) electrons. The molecule has 8 nitrogen and oxygen atoms in total. The average molecular weight is 595 g/mol. The molecule has 4 heterocycles. The molecule has 0 amide bonds. The molecule has 3 aromatic rings. The molecule has 206 valence electrons. The average Bonchev–Trinajstić information content (AvgIpc) is 3.59. The first kappa shape index (κ1) is 25.5. The van der Waals surface area contributed by atoms with Crippen molar-refractivity contribution in [3.8, 4) is 11.8 Å². The molecule has 1 aromatic heterocycles. The Labute approximate surface area is 237 Å². The van der Waals surface area contributed by atoms with Crippen molar-refractivity contribution in [3.63, 3.8) is 0 Å². The number of hydrogen-bond acceptors (Lipinski definition) is 8. The van der Waals surface area contributed by atoms with E-state index < -0.39 is 0 Å². The van der Waals surface area contributed by atoms with Gasteiger partial charge in [-0.15, -0.1) is 0 Å². The summed E-state index contributed by atoms with van der Waals surface area (Å²) in [7, 11) is 4.24. The van der Waals surface area contributed by atoms with E-state index in [-0.39, 0.29) is 17.3 Å². The Hall–Kier alpha value is -2.46. The number of hydrogen-bond donors (Lipinski definition) is 2. The Morgan fingerprint density at radius 1 is 1.18 bits per heavy atom. The van der Waals surface area contributed by atoms with Gasteiger partial charge in [0.25, 0.3) is 0 Å². The third-order valence-corrected chi connectivity index (χ3v) is 9.44. The van der Waals surface area contributed by atoms with E-state index in [9.17, 15) is 5.11 Å². The fourth-order valence-corrected chi connectivity index (χ4v) is 7.40. The number of anilines is 1. The number of rotatable bonds is 7. The Morgan fingerprint density at radius 2 is 1.97 bits per heavy atom. The number of fused-ring (bicyclic) bond motifs is 4. The second-order valence-corrected chi connectivity index (χ2v) is 13.1. The van der Waals surface area contributed by atoms with Crippen LogP contribution in [-0.4, -0.2) is 72.4 Å². The van der Waals surface area contributed by atoms with E-state index in [4.69, 9.17) is 19.4 Å².